The number of phenols is 2. The molecule has 0 atom stereocenters. The number of carboxylic acid groups (broad SMARTS) is 1. The lowest BCUT2D eigenvalue weighted by atomic mass is 10.1. The Hall–Kier alpha value is -2.11. The molecule has 1 heterocycles. The first kappa shape index (κ1) is 14.8. The van der Waals surface area contributed by atoms with E-state index in [1.54, 1.807) is 6.07 Å². The first-order chi connectivity index (χ1) is 10.4. The van der Waals surface area contributed by atoms with Crippen molar-refractivity contribution in [2.24, 2.45) is 0 Å². The Morgan fingerprint density at radius 2 is 1.73 bits per heavy atom. The van der Waals surface area contributed by atoms with E-state index in [4.69, 9.17) is 28.3 Å². The van der Waals surface area contributed by atoms with Gasteiger partial charge in [-0.05, 0) is 23.8 Å². The number of aromatic hydroxyl groups is 2. The maximum Gasteiger partial charge on any atom is 0.339 e. The molecule has 1 aliphatic heterocycles. The van der Waals surface area contributed by atoms with E-state index in [-0.39, 0.29) is 22.1 Å². The van der Waals surface area contributed by atoms with Crippen LogP contribution < -0.4 is 4.90 Å². The van der Waals surface area contributed by atoms with Gasteiger partial charge in [-0.25, -0.2) is 4.79 Å². The van der Waals surface area contributed by atoms with Crippen LogP contribution in [0, 0.1) is 0 Å². The molecular formula is C15H11Cl2NO4. The average Bonchev–Trinajstić information content (AvgIpc) is 2.90. The third kappa shape index (κ3) is 2.32. The first-order valence-corrected chi connectivity index (χ1v) is 7.14. The van der Waals surface area contributed by atoms with E-state index in [0.29, 0.717) is 29.4 Å². The molecule has 0 saturated heterocycles. The van der Waals surface area contributed by atoms with Gasteiger partial charge in [0.1, 0.15) is 17.1 Å². The summed E-state index contributed by atoms with van der Waals surface area (Å²) in [5.74, 6) is -1.51. The third-order valence-electron chi connectivity index (χ3n) is 3.69. The van der Waals surface area contributed by atoms with Crippen LogP contribution in [0.1, 0.15) is 21.5 Å². The molecule has 2 aromatic rings. The molecule has 1 aliphatic rings. The molecule has 3 rings (SSSR count). The molecule has 0 aliphatic carbocycles. The number of halogens is 2. The van der Waals surface area contributed by atoms with Gasteiger partial charge in [0.2, 0.25) is 0 Å². The van der Waals surface area contributed by atoms with Crippen LogP contribution in [0.2, 0.25) is 10.0 Å². The Kier molecular flexibility index (Phi) is 3.54. The zero-order chi connectivity index (χ0) is 16.0. The summed E-state index contributed by atoms with van der Waals surface area (Å²) in [6.07, 6.45) is 0. The van der Waals surface area contributed by atoms with Crippen LogP contribution in [0.3, 0.4) is 0 Å². The van der Waals surface area contributed by atoms with E-state index >= 15 is 0 Å². The number of anilines is 1. The Morgan fingerprint density at radius 3 is 2.36 bits per heavy atom. The normalized spacial score (nSPS) is 13.3. The summed E-state index contributed by atoms with van der Waals surface area (Å²) in [5.41, 5.74) is 1.87. The summed E-state index contributed by atoms with van der Waals surface area (Å²) >= 11 is 12.1. The Bertz CT molecular complexity index is 792. The number of nitrogens with zero attached hydrogens (tertiary/aromatic N) is 1. The molecule has 2 aromatic carbocycles. The number of benzene rings is 2. The van der Waals surface area contributed by atoms with Crippen LogP contribution >= 0.6 is 23.2 Å². The smallest absolute Gasteiger partial charge is 0.339 e. The van der Waals surface area contributed by atoms with Crippen molar-refractivity contribution in [3.05, 3.63) is 51.0 Å². The van der Waals surface area contributed by atoms with Gasteiger partial charge < -0.3 is 20.2 Å². The fourth-order valence-electron chi connectivity index (χ4n) is 2.56. The standard InChI is InChI=1S/C15H11Cl2NO4/c16-11-4-12(17)14(20)10-6-18(5-9(10)11)7-1-2-8(15(21)22)13(19)3-7/h1-4,19-20H,5-6H2,(H,21,22). The molecule has 3 N–H and O–H groups in total. The minimum Gasteiger partial charge on any atom is -0.507 e. The topological polar surface area (TPSA) is 81.0 Å². The lowest BCUT2D eigenvalue weighted by molar-refractivity contribution is 0.0694. The maximum atomic E-state index is 10.9. The number of aromatic carboxylic acids is 1. The van der Waals surface area contributed by atoms with Gasteiger partial charge in [-0.15, -0.1) is 0 Å². The third-order valence-corrected chi connectivity index (χ3v) is 4.32. The molecular weight excluding hydrogens is 329 g/mol. The number of hydrogen-bond acceptors (Lipinski definition) is 4. The van der Waals surface area contributed by atoms with Gasteiger partial charge in [0.05, 0.1) is 5.02 Å². The maximum absolute atomic E-state index is 10.9. The average molecular weight is 340 g/mol. The lowest BCUT2D eigenvalue weighted by Crippen LogP contribution is -2.14. The second kappa shape index (κ2) is 5.26. The summed E-state index contributed by atoms with van der Waals surface area (Å²) in [7, 11) is 0. The molecule has 0 amide bonds. The summed E-state index contributed by atoms with van der Waals surface area (Å²) in [6.45, 7) is 0.804. The minimum absolute atomic E-state index is 0.00468. The molecule has 5 nitrogen and oxygen atoms in total. The van der Waals surface area contributed by atoms with Crippen molar-refractivity contribution >= 4 is 34.9 Å². The highest BCUT2D eigenvalue weighted by Gasteiger charge is 2.27. The van der Waals surface area contributed by atoms with Gasteiger partial charge in [-0.3, -0.25) is 0 Å². The highest BCUT2D eigenvalue weighted by atomic mass is 35.5. The van der Waals surface area contributed by atoms with E-state index < -0.39 is 5.97 Å². The number of phenolic OH excluding ortho intramolecular Hbond substituents is 1. The Morgan fingerprint density at radius 1 is 1.05 bits per heavy atom. The van der Waals surface area contributed by atoms with Gasteiger partial charge in [0.15, 0.2) is 0 Å². The zero-order valence-corrected chi connectivity index (χ0v) is 12.7. The molecule has 0 aromatic heterocycles. The zero-order valence-electron chi connectivity index (χ0n) is 11.2. The molecule has 114 valence electrons. The molecule has 7 heteroatoms. The van der Waals surface area contributed by atoms with Gasteiger partial charge in [-0.1, -0.05) is 23.2 Å². The summed E-state index contributed by atoms with van der Waals surface area (Å²) in [6, 6.07) is 5.81. The SMILES string of the molecule is O=C(O)c1ccc(N2Cc3c(Cl)cc(Cl)c(O)c3C2)cc1O. The molecule has 0 unspecified atom stereocenters. The Balaban J connectivity index is 1.97. The minimum atomic E-state index is -1.19. The quantitative estimate of drug-likeness (QED) is 0.778. The van der Waals surface area contributed by atoms with Crippen molar-refractivity contribution in [2.75, 3.05) is 4.90 Å². The Labute approximate surface area is 135 Å². The van der Waals surface area contributed by atoms with Crippen molar-refractivity contribution in [1.29, 1.82) is 0 Å². The van der Waals surface area contributed by atoms with Crippen molar-refractivity contribution in [3.8, 4) is 11.5 Å². The number of rotatable bonds is 2. The van der Waals surface area contributed by atoms with Gasteiger partial charge >= 0.3 is 5.97 Å². The van der Waals surface area contributed by atoms with Crippen LogP contribution in [0.5, 0.6) is 11.5 Å². The van der Waals surface area contributed by atoms with E-state index in [9.17, 15) is 15.0 Å². The van der Waals surface area contributed by atoms with E-state index in [2.05, 4.69) is 0 Å². The van der Waals surface area contributed by atoms with Crippen LogP contribution in [0.4, 0.5) is 5.69 Å². The van der Waals surface area contributed by atoms with Crippen molar-refractivity contribution in [1.82, 2.24) is 0 Å². The predicted molar refractivity (Wildman–Crippen MR) is 83.1 cm³/mol. The molecule has 0 saturated carbocycles. The van der Waals surface area contributed by atoms with Gasteiger partial charge in [-0.2, -0.15) is 0 Å². The second-order valence-electron chi connectivity index (χ2n) is 5.01. The van der Waals surface area contributed by atoms with E-state index in [1.807, 2.05) is 4.90 Å². The highest BCUT2D eigenvalue weighted by Crippen LogP contribution is 2.42. The number of hydrogen-bond donors (Lipinski definition) is 3. The second-order valence-corrected chi connectivity index (χ2v) is 5.82. The van der Waals surface area contributed by atoms with Crippen molar-refractivity contribution in [2.45, 2.75) is 13.1 Å². The fourth-order valence-corrected chi connectivity index (χ4v) is 3.12. The summed E-state index contributed by atoms with van der Waals surface area (Å²) < 4.78 is 0. The van der Waals surface area contributed by atoms with Gasteiger partial charge in [0.25, 0.3) is 0 Å². The van der Waals surface area contributed by atoms with Crippen molar-refractivity contribution in [3.63, 3.8) is 0 Å². The predicted octanol–water partition coefficient (Wildman–Crippen LogP) is 3.62. The number of carbonyl (C=O) groups is 1. The lowest BCUT2D eigenvalue weighted by Gasteiger charge is -2.18. The van der Waals surface area contributed by atoms with E-state index in [0.717, 1.165) is 5.56 Å². The summed E-state index contributed by atoms with van der Waals surface area (Å²) in [4.78, 5) is 12.8. The van der Waals surface area contributed by atoms with Crippen LogP contribution in [-0.4, -0.2) is 21.3 Å². The van der Waals surface area contributed by atoms with Crippen LogP contribution in [0.15, 0.2) is 24.3 Å². The molecule has 0 radical (unpaired) electrons. The number of fused-ring (bicyclic) bond motifs is 1. The van der Waals surface area contributed by atoms with Gasteiger partial charge in [0, 0.05) is 35.4 Å². The van der Waals surface area contributed by atoms with Crippen molar-refractivity contribution < 1.29 is 20.1 Å². The first-order valence-electron chi connectivity index (χ1n) is 6.38. The van der Waals surface area contributed by atoms with E-state index in [1.165, 1.54) is 18.2 Å². The fraction of sp³-hybridized carbons (Fsp3) is 0.133. The summed E-state index contributed by atoms with van der Waals surface area (Å²) in [5, 5.41) is 29.4. The monoisotopic (exact) mass is 339 g/mol. The number of carboxylic acids is 1. The molecule has 0 bridgehead atoms. The van der Waals surface area contributed by atoms with Crippen LogP contribution in [-0.2, 0) is 13.1 Å². The molecule has 0 fully saturated rings. The molecule has 0 spiro atoms. The van der Waals surface area contributed by atoms with Crippen LogP contribution in [0.25, 0.3) is 0 Å². The largest absolute Gasteiger partial charge is 0.507 e. The highest BCUT2D eigenvalue weighted by molar-refractivity contribution is 6.36. The molecule has 22 heavy (non-hydrogen) atoms.